The van der Waals surface area contributed by atoms with Gasteiger partial charge in [0, 0.05) is 19.2 Å². The van der Waals surface area contributed by atoms with E-state index in [1.54, 1.807) is 24.4 Å². The minimum atomic E-state index is -0.978. The van der Waals surface area contributed by atoms with Crippen molar-refractivity contribution in [1.29, 1.82) is 5.26 Å². The Bertz CT molecular complexity index is 1150. The van der Waals surface area contributed by atoms with Gasteiger partial charge in [-0.3, -0.25) is 4.90 Å². The van der Waals surface area contributed by atoms with Crippen LogP contribution in [0.5, 0.6) is 5.88 Å². The molecule has 1 aliphatic carbocycles. The third kappa shape index (κ3) is 4.52. The quantitative estimate of drug-likeness (QED) is 0.605. The first-order valence-electron chi connectivity index (χ1n) is 10.8. The summed E-state index contributed by atoms with van der Waals surface area (Å²) in [4.78, 5) is 22.0. The van der Waals surface area contributed by atoms with Crippen molar-refractivity contribution in [1.82, 2.24) is 14.5 Å². The molecule has 2 unspecified atom stereocenters. The highest BCUT2D eigenvalue weighted by Crippen LogP contribution is 2.41. The molecule has 4 rings (SSSR count). The molecule has 2 heterocycles. The van der Waals surface area contributed by atoms with Crippen molar-refractivity contribution in [2.75, 3.05) is 18.6 Å². The summed E-state index contributed by atoms with van der Waals surface area (Å²) in [5.41, 5.74) is 3.03. The number of fused-ring (bicyclic) bond motifs is 1. The van der Waals surface area contributed by atoms with E-state index in [1.807, 2.05) is 18.5 Å². The molecule has 2 aromatic heterocycles. The van der Waals surface area contributed by atoms with Crippen LogP contribution < -0.4 is 9.64 Å². The molecule has 8 heteroatoms. The largest absolute Gasteiger partial charge is 0.481 e. The zero-order chi connectivity index (χ0) is 22.7. The Morgan fingerprint density at radius 3 is 2.91 bits per heavy atom. The fourth-order valence-electron chi connectivity index (χ4n) is 4.89. The van der Waals surface area contributed by atoms with Crippen LogP contribution >= 0.6 is 0 Å². The standard InChI is InChI=1S/C24H27N5O3/c1-24(15-28-16-27-20-7-5-17(12-25)10-21(20)28)9-3-4-18(11-24)14-29(23(30)31)19-6-8-22(32-2)26-13-19/h5-8,10,13,16,18H,3-4,9,11,14-15H2,1-2H3,(H,30,31). The maximum Gasteiger partial charge on any atom is 0.411 e. The highest BCUT2D eigenvalue weighted by Gasteiger charge is 2.34. The fourth-order valence-corrected chi connectivity index (χ4v) is 4.89. The fraction of sp³-hybridized carbons (Fsp3) is 0.417. The number of aromatic nitrogens is 3. The molecule has 3 aromatic rings. The van der Waals surface area contributed by atoms with E-state index < -0.39 is 6.09 Å². The maximum atomic E-state index is 12.0. The van der Waals surface area contributed by atoms with Crippen LogP contribution in [0.1, 0.15) is 38.2 Å². The van der Waals surface area contributed by atoms with Crippen LogP contribution in [0.2, 0.25) is 0 Å². The zero-order valence-electron chi connectivity index (χ0n) is 18.4. The summed E-state index contributed by atoms with van der Waals surface area (Å²) < 4.78 is 7.21. The second-order valence-electron chi connectivity index (χ2n) is 8.91. The number of benzene rings is 1. The summed E-state index contributed by atoms with van der Waals surface area (Å²) in [6.07, 6.45) is 6.43. The monoisotopic (exact) mass is 433 g/mol. The van der Waals surface area contributed by atoms with E-state index in [9.17, 15) is 15.2 Å². The molecule has 1 amide bonds. The second-order valence-corrected chi connectivity index (χ2v) is 8.91. The molecule has 1 N–H and O–H groups in total. The number of hydrogen-bond acceptors (Lipinski definition) is 5. The predicted molar refractivity (Wildman–Crippen MR) is 121 cm³/mol. The van der Waals surface area contributed by atoms with Gasteiger partial charge in [-0.05, 0) is 54.9 Å². The minimum absolute atomic E-state index is 0.0154. The number of anilines is 1. The summed E-state index contributed by atoms with van der Waals surface area (Å²) in [7, 11) is 1.53. The molecular formula is C24H27N5O3. The van der Waals surface area contributed by atoms with E-state index in [0.29, 0.717) is 23.7 Å². The SMILES string of the molecule is COc1ccc(N(CC2CCCC(C)(Cn3cnc4ccc(C#N)cc43)C2)C(=O)O)cn1. The number of nitrogens with zero attached hydrogens (tertiary/aromatic N) is 5. The summed E-state index contributed by atoms with van der Waals surface area (Å²) in [5.74, 6) is 0.702. The predicted octanol–water partition coefficient (Wildman–Crippen LogP) is 4.69. The van der Waals surface area contributed by atoms with Crippen LogP contribution in [0.3, 0.4) is 0 Å². The number of hydrogen-bond donors (Lipinski definition) is 1. The van der Waals surface area contributed by atoms with Crippen molar-refractivity contribution in [2.45, 2.75) is 39.2 Å². The van der Waals surface area contributed by atoms with E-state index in [4.69, 9.17) is 4.74 Å². The van der Waals surface area contributed by atoms with Crippen molar-refractivity contribution >= 4 is 22.8 Å². The molecule has 0 radical (unpaired) electrons. The first kappa shape index (κ1) is 21.6. The van der Waals surface area contributed by atoms with Gasteiger partial charge in [0.15, 0.2) is 0 Å². The van der Waals surface area contributed by atoms with Crippen LogP contribution in [0.4, 0.5) is 10.5 Å². The number of nitriles is 1. The molecule has 0 aliphatic heterocycles. The van der Waals surface area contributed by atoms with E-state index in [2.05, 4.69) is 27.5 Å². The smallest absolute Gasteiger partial charge is 0.411 e. The van der Waals surface area contributed by atoms with Gasteiger partial charge < -0.3 is 14.4 Å². The van der Waals surface area contributed by atoms with Crippen LogP contribution in [0.25, 0.3) is 11.0 Å². The Morgan fingerprint density at radius 1 is 1.38 bits per heavy atom. The number of carbonyl (C=O) groups is 1. The van der Waals surface area contributed by atoms with Crippen LogP contribution in [-0.4, -0.2) is 39.4 Å². The molecular weight excluding hydrogens is 406 g/mol. The van der Waals surface area contributed by atoms with E-state index in [0.717, 1.165) is 43.3 Å². The lowest BCUT2D eigenvalue weighted by Gasteiger charge is -2.40. The highest BCUT2D eigenvalue weighted by molar-refractivity contribution is 5.85. The summed E-state index contributed by atoms with van der Waals surface area (Å²) in [6, 6.07) is 11.1. The molecule has 8 nitrogen and oxygen atoms in total. The Labute approximate surface area is 187 Å². The Morgan fingerprint density at radius 2 is 2.22 bits per heavy atom. The van der Waals surface area contributed by atoms with Gasteiger partial charge in [-0.15, -0.1) is 0 Å². The average Bonchev–Trinajstić information content (AvgIpc) is 3.18. The number of methoxy groups -OCH3 is 1. The van der Waals surface area contributed by atoms with Gasteiger partial charge in [0.2, 0.25) is 5.88 Å². The molecule has 0 bridgehead atoms. The summed E-state index contributed by atoms with van der Waals surface area (Å²) in [5, 5.41) is 19.1. The highest BCUT2D eigenvalue weighted by atomic mass is 16.5. The molecule has 1 aliphatic rings. The minimum Gasteiger partial charge on any atom is -0.481 e. The lowest BCUT2D eigenvalue weighted by atomic mass is 9.70. The number of rotatable bonds is 6. The lowest BCUT2D eigenvalue weighted by molar-refractivity contribution is 0.136. The molecule has 0 spiro atoms. The first-order valence-corrected chi connectivity index (χ1v) is 10.8. The average molecular weight is 434 g/mol. The van der Waals surface area contributed by atoms with E-state index in [-0.39, 0.29) is 11.3 Å². The zero-order valence-corrected chi connectivity index (χ0v) is 18.4. The maximum absolute atomic E-state index is 12.0. The number of imidazole rings is 1. The molecule has 1 aromatic carbocycles. The van der Waals surface area contributed by atoms with Crippen molar-refractivity contribution < 1.29 is 14.6 Å². The van der Waals surface area contributed by atoms with E-state index in [1.165, 1.54) is 12.0 Å². The van der Waals surface area contributed by atoms with Crippen molar-refractivity contribution in [2.24, 2.45) is 11.3 Å². The molecule has 32 heavy (non-hydrogen) atoms. The van der Waals surface area contributed by atoms with Gasteiger partial charge >= 0.3 is 6.09 Å². The van der Waals surface area contributed by atoms with Crippen molar-refractivity contribution in [3.05, 3.63) is 48.4 Å². The second kappa shape index (κ2) is 8.87. The van der Waals surface area contributed by atoms with Crippen LogP contribution in [-0.2, 0) is 6.54 Å². The Hall–Kier alpha value is -3.60. The van der Waals surface area contributed by atoms with Gasteiger partial charge in [0.25, 0.3) is 0 Å². The summed E-state index contributed by atoms with van der Waals surface area (Å²) in [6.45, 7) is 3.48. The normalized spacial score (nSPS) is 20.6. The van der Waals surface area contributed by atoms with Crippen molar-refractivity contribution in [3.63, 3.8) is 0 Å². The molecule has 1 fully saturated rings. The number of pyridine rings is 1. The third-order valence-electron chi connectivity index (χ3n) is 6.39. The topological polar surface area (TPSA) is 104 Å². The molecule has 1 saturated carbocycles. The van der Waals surface area contributed by atoms with E-state index >= 15 is 0 Å². The molecule has 0 saturated heterocycles. The number of carboxylic acid groups (broad SMARTS) is 1. The molecule has 166 valence electrons. The van der Waals surface area contributed by atoms with Gasteiger partial charge in [0.05, 0.1) is 48.0 Å². The summed E-state index contributed by atoms with van der Waals surface area (Å²) >= 11 is 0. The number of amides is 1. The van der Waals surface area contributed by atoms with Crippen molar-refractivity contribution in [3.8, 4) is 11.9 Å². The van der Waals surface area contributed by atoms with Gasteiger partial charge in [0.1, 0.15) is 0 Å². The van der Waals surface area contributed by atoms with Crippen LogP contribution in [0.15, 0.2) is 42.9 Å². The lowest BCUT2D eigenvalue weighted by Crippen LogP contribution is -2.39. The van der Waals surface area contributed by atoms with Crippen LogP contribution in [0, 0.1) is 22.7 Å². The third-order valence-corrected chi connectivity index (χ3v) is 6.39. The van der Waals surface area contributed by atoms with Gasteiger partial charge in [-0.1, -0.05) is 13.3 Å². The Kier molecular flexibility index (Phi) is 5.99. The van der Waals surface area contributed by atoms with Gasteiger partial charge in [-0.2, -0.15) is 5.26 Å². The molecule has 2 atom stereocenters. The Balaban J connectivity index is 1.50. The van der Waals surface area contributed by atoms with Gasteiger partial charge in [-0.25, -0.2) is 14.8 Å². The number of ether oxygens (including phenoxy) is 1. The first-order chi connectivity index (χ1) is 15.4.